The van der Waals surface area contributed by atoms with Crippen LogP contribution in [-0.4, -0.2) is 43.3 Å². The first-order chi connectivity index (χ1) is 17.0. The van der Waals surface area contributed by atoms with Crippen molar-refractivity contribution < 1.29 is 4.79 Å². The van der Waals surface area contributed by atoms with E-state index in [2.05, 4.69) is 53.5 Å². The van der Waals surface area contributed by atoms with Gasteiger partial charge < -0.3 is 4.90 Å². The van der Waals surface area contributed by atoms with Crippen LogP contribution in [0.1, 0.15) is 36.7 Å². The average Bonchev–Trinajstić information content (AvgIpc) is 3.35. The molecule has 5 rings (SSSR count). The van der Waals surface area contributed by atoms with Gasteiger partial charge in [0.2, 0.25) is 5.91 Å². The van der Waals surface area contributed by atoms with Gasteiger partial charge in [0.15, 0.2) is 0 Å². The third-order valence-corrected chi connectivity index (χ3v) is 7.01. The first kappa shape index (κ1) is 23.0. The molecule has 0 bridgehead atoms. The van der Waals surface area contributed by atoms with Crippen LogP contribution in [0.2, 0.25) is 0 Å². The van der Waals surface area contributed by atoms with Gasteiger partial charge in [0.05, 0.1) is 5.69 Å². The molecular weight excluding hydrogens is 438 g/mol. The number of fused-ring (bicyclic) bond motifs is 1. The lowest BCUT2D eigenvalue weighted by atomic mass is 9.90. The van der Waals surface area contributed by atoms with E-state index in [1.165, 1.54) is 15.8 Å². The molecule has 0 N–H and O–H groups in total. The van der Waals surface area contributed by atoms with E-state index in [0.29, 0.717) is 17.3 Å². The zero-order valence-electron chi connectivity index (χ0n) is 20.4. The lowest BCUT2D eigenvalue weighted by molar-refractivity contribution is -0.133. The van der Waals surface area contributed by atoms with Crippen LogP contribution in [0.3, 0.4) is 0 Å². The molecule has 35 heavy (non-hydrogen) atoms. The van der Waals surface area contributed by atoms with Crippen LogP contribution in [0.15, 0.2) is 65.5 Å². The number of rotatable bonds is 6. The van der Waals surface area contributed by atoms with Gasteiger partial charge >= 0.3 is 0 Å². The molecule has 3 heterocycles. The Hall–Kier alpha value is -3.74. The molecule has 7 nitrogen and oxygen atoms in total. The number of amides is 1. The molecule has 1 aliphatic rings. The number of hydrogen-bond acceptors (Lipinski definition) is 4. The highest BCUT2D eigenvalue weighted by atomic mass is 16.2. The summed E-state index contributed by atoms with van der Waals surface area (Å²) < 4.78 is 2.86. The number of piperidine rings is 1. The molecule has 1 fully saturated rings. The van der Waals surface area contributed by atoms with E-state index in [9.17, 15) is 9.59 Å². The van der Waals surface area contributed by atoms with Gasteiger partial charge in [-0.3, -0.25) is 9.59 Å². The van der Waals surface area contributed by atoms with E-state index in [1.54, 1.807) is 17.5 Å². The predicted octanol–water partition coefficient (Wildman–Crippen LogP) is 3.91. The Morgan fingerprint density at radius 2 is 1.69 bits per heavy atom. The fourth-order valence-corrected chi connectivity index (χ4v) is 4.90. The second-order valence-corrected chi connectivity index (χ2v) is 9.40. The lowest BCUT2D eigenvalue weighted by Gasteiger charge is -2.32. The van der Waals surface area contributed by atoms with Crippen molar-refractivity contribution in [1.82, 2.24) is 24.3 Å². The highest BCUT2D eigenvalue weighted by molar-refractivity contribution is 5.76. The second kappa shape index (κ2) is 9.86. The highest BCUT2D eigenvalue weighted by Gasteiger charge is 2.24. The van der Waals surface area contributed by atoms with Crippen LogP contribution in [-0.2, 0) is 24.2 Å². The molecule has 0 unspecified atom stereocenters. The predicted molar refractivity (Wildman–Crippen MR) is 136 cm³/mol. The van der Waals surface area contributed by atoms with E-state index in [-0.39, 0.29) is 18.0 Å². The van der Waals surface area contributed by atoms with Crippen LogP contribution in [0.4, 0.5) is 0 Å². The lowest BCUT2D eigenvalue weighted by Crippen LogP contribution is -2.42. The van der Waals surface area contributed by atoms with Crippen molar-refractivity contribution >= 4 is 11.4 Å². The van der Waals surface area contributed by atoms with Crippen LogP contribution < -0.4 is 5.56 Å². The zero-order valence-corrected chi connectivity index (χ0v) is 20.4. The Labute approximate surface area is 205 Å². The van der Waals surface area contributed by atoms with Crippen molar-refractivity contribution in [3.05, 3.63) is 88.0 Å². The number of aryl methyl sites for hydroxylation is 2. The summed E-state index contributed by atoms with van der Waals surface area (Å²) in [6.45, 7) is 5.31. The van der Waals surface area contributed by atoms with Crippen LogP contribution in [0.25, 0.3) is 16.8 Å². The SMILES string of the molecule is CCc1ccc(-c2cc3c(=O)n(CC(=O)N4CCC(Cc5ccccc5)CC4)nc(C)n3n2)cc1. The van der Waals surface area contributed by atoms with Crippen LogP contribution >= 0.6 is 0 Å². The molecule has 1 saturated heterocycles. The second-order valence-electron chi connectivity index (χ2n) is 9.40. The van der Waals surface area contributed by atoms with E-state index in [1.807, 2.05) is 23.1 Å². The summed E-state index contributed by atoms with van der Waals surface area (Å²) >= 11 is 0. The van der Waals surface area contributed by atoms with Gasteiger partial charge in [-0.1, -0.05) is 61.5 Å². The largest absolute Gasteiger partial charge is 0.341 e. The maximum Gasteiger partial charge on any atom is 0.293 e. The van der Waals surface area contributed by atoms with Gasteiger partial charge in [-0.05, 0) is 55.7 Å². The van der Waals surface area contributed by atoms with E-state index >= 15 is 0 Å². The van der Waals surface area contributed by atoms with Crippen molar-refractivity contribution in [3.8, 4) is 11.3 Å². The molecule has 0 spiro atoms. The van der Waals surface area contributed by atoms with Crippen molar-refractivity contribution in [2.45, 2.75) is 46.1 Å². The molecule has 4 aromatic rings. The number of benzene rings is 2. The Balaban J connectivity index is 1.29. The normalized spacial score (nSPS) is 14.5. The van der Waals surface area contributed by atoms with Crippen LogP contribution in [0, 0.1) is 12.8 Å². The fraction of sp³-hybridized carbons (Fsp3) is 0.357. The van der Waals surface area contributed by atoms with Gasteiger partial charge in [0.1, 0.15) is 17.9 Å². The number of hydrogen-bond donors (Lipinski definition) is 0. The topological polar surface area (TPSA) is 72.5 Å². The smallest absolute Gasteiger partial charge is 0.293 e. The van der Waals surface area contributed by atoms with Gasteiger partial charge in [-0.15, -0.1) is 0 Å². The number of carbonyl (C=O) groups is 1. The highest BCUT2D eigenvalue weighted by Crippen LogP contribution is 2.22. The summed E-state index contributed by atoms with van der Waals surface area (Å²) in [4.78, 5) is 28.1. The minimum Gasteiger partial charge on any atom is -0.341 e. The third kappa shape index (κ3) is 4.90. The molecule has 0 aliphatic carbocycles. The van der Waals surface area contributed by atoms with Gasteiger partial charge in [-0.25, -0.2) is 9.20 Å². The minimum absolute atomic E-state index is 0.0504. The first-order valence-corrected chi connectivity index (χ1v) is 12.4. The first-order valence-electron chi connectivity index (χ1n) is 12.4. The standard InChI is InChI=1S/C28H31N5O2/c1-3-21-9-11-24(12-10-21)25-18-26-28(35)32(29-20(2)33(26)30-25)19-27(34)31-15-13-23(14-16-31)17-22-7-5-4-6-8-22/h4-12,18,23H,3,13-17,19H2,1-2H3. The van der Waals surface area contributed by atoms with Crippen molar-refractivity contribution in [2.75, 3.05) is 13.1 Å². The van der Waals surface area contributed by atoms with Crippen molar-refractivity contribution in [1.29, 1.82) is 0 Å². The molecule has 1 amide bonds. The number of carbonyl (C=O) groups excluding carboxylic acids is 1. The fourth-order valence-electron chi connectivity index (χ4n) is 4.90. The molecule has 2 aromatic heterocycles. The summed E-state index contributed by atoms with van der Waals surface area (Å²) in [6, 6.07) is 20.5. The van der Waals surface area contributed by atoms with Crippen molar-refractivity contribution in [3.63, 3.8) is 0 Å². The summed E-state index contributed by atoms with van der Waals surface area (Å²) in [7, 11) is 0. The van der Waals surface area contributed by atoms with E-state index in [4.69, 9.17) is 0 Å². The Morgan fingerprint density at radius 3 is 2.37 bits per heavy atom. The molecule has 0 saturated carbocycles. The quantitative estimate of drug-likeness (QED) is 0.429. The molecule has 0 radical (unpaired) electrons. The molecule has 0 atom stereocenters. The molecular formula is C28H31N5O2. The molecule has 2 aromatic carbocycles. The number of aromatic nitrogens is 4. The maximum absolute atomic E-state index is 13.2. The summed E-state index contributed by atoms with van der Waals surface area (Å²) in [5.41, 5.74) is 4.40. The summed E-state index contributed by atoms with van der Waals surface area (Å²) in [5, 5.41) is 9.00. The maximum atomic E-state index is 13.2. The summed E-state index contributed by atoms with van der Waals surface area (Å²) in [5.74, 6) is 1.10. The van der Waals surface area contributed by atoms with Gasteiger partial charge in [0.25, 0.3) is 5.56 Å². The van der Waals surface area contributed by atoms with Gasteiger partial charge in [0, 0.05) is 18.7 Å². The minimum atomic E-state index is -0.299. The van der Waals surface area contributed by atoms with E-state index in [0.717, 1.165) is 50.0 Å². The number of nitrogens with zero attached hydrogens (tertiary/aromatic N) is 5. The van der Waals surface area contributed by atoms with Crippen LogP contribution in [0.5, 0.6) is 0 Å². The monoisotopic (exact) mass is 469 g/mol. The molecule has 7 heteroatoms. The molecule has 180 valence electrons. The molecule has 1 aliphatic heterocycles. The Morgan fingerprint density at radius 1 is 0.971 bits per heavy atom. The zero-order chi connectivity index (χ0) is 24.4. The Kier molecular flexibility index (Phi) is 6.49. The van der Waals surface area contributed by atoms with Crippen molar-refractivity contribution in [2.24, 2.45) is 5.92 Å². The number of likely N-dealkylation sites (tertiary alicyclic amines) is 1. The average molecular weight is 470 g/mol. The third-order valence-electron chi connectivity index (χ3n) is 7.01. The Bertz CT molecular complexity index is 1380. The summed E-state index contributed by atoms with van der Waals surface area (Å²) in [6.07, 6.45) is 3.97. The van der Waals surface area contributed by atoms with E-state index < -0.39 is 0 Å². The van der Waals surface area contributed by atoms with Gasteiger partial charge in [-0.2, -0.15) is 10.2 Å².